The molecule has 3 N–H and O–H groups in total. The average Bonchev–Trinajstić information content (AvgIpc) is 2.74. The Kier molecular flexibility index (Phi) is 7.05. The molecule has 1 saturated heterocycles. The molecule has 9 heteroatoms. The molecule has 0 aliphatic carbocycles. The number of rotatable bonds is 2. The van der Waals surface area contributed by atoms with Gasteiger partial charge in [-0.25, -0.2) is 9.97 Å². The Morgan fingerprint density at radius 3 is 2.61 bits per heavy atom. The number of anilines is 2. The first kappa shape index (κ1) is 19.0. The second-order valence-electron chi connectivity index (χ2n) is 4.89. The number of hydrogen-bond donors (Lipinski definition) is 2. The maximum Gasteiger partial charge on any atom is 0.471 e. The van der Waals surface area contributed by atoms with Gasteiger partial charge >= 0.3 is 12.1 Å². The van der Waals surface area contributed by atoms with E-state index in [0.29, 0.717) is 44.0 Å². The van der Waals surface area contributed by atoms with Gasteiger partial charge in [-0.3, -0.25) is 4.79 Å². The summed E-state index contributed by atoms with van der Waals surface area (Å²) in [6, 6.07) is 1.14. The summed E-state index contributed by atoms with van der Waals surface area (Å²) in [5, 5.41) is 2.03. The SMILES string of the molecule is CC.Nc1cc(N2CCCC(NC(=O)C(F)(F)F)CC2)ncn1. The molecule has 1 amide bonds. The fourth-order valence-electron chi connectivity index (χ4n) is 2.27. The third-order valence-electron chi connectivity index (χ3n) is 3.32. The van der Waals surface area contributed by atoms with Gasteiger partial charge < -0.3 is 16.0 Å². The van der Waals surface area contributed by atoms with Gasteiger partial charge in [0.25, 0.3) is 0 Å². The van der Waals surface area contributed by atoms with Gasteiger partial charge in [0.2, 0.25) is 0 Å². The zero-order chi connectivity index (χ0) is 17.5. The van der Waals surface area contributed by atoms with Crippen molar-refractivity contribution in [2.45, 2.75) is 45.3 Å². The molecule has 6 nitrogen and oxygen atoms in total. The number of carbonyl (C=O) groups excluding carboxylic acids is 1. The molecule has 2 heterocycles. The Morgan fingerprint density at radius 2 is 2.00 bits per heavy atom. The number of nitrogens with one attached hydrogen (secondary N) is 1. The van der Waals surface area contributed by atoms with E-state index < -0.39 is 18.1 Å². The fraction of sp³-hybridized carbons (Fsp3) is 0.643. The van der Waals surface area contributed by atoms with E-state index in [1.54, 1.807) is 6.07 Å². The molecular weight excluding hydrogens is 311 g/mol. The van der Waals surface area contributed by atoms with E-state index in [9.17, 15) is 18.0 Å². The lowest BCUT2D eigenvalue weighted by atomic mass is 10.1. The number of alkyl halides is 3. The van der Waals surface area contributed by atoms with Crippen LogP contribution in [-0.4, -0.2) is 41.2 Å². The van der Waals surface area contributed by atoms with Gasteiger partial charge in [0.15, 0.2) is 0 Å². The van der Waals surface area contributed by atoms with Crippen LogP contribution in [0.15, 0.2) is 12.4 Å². The molecule has 23 heavy (non-hydrogen) atoms. The molecule has 0 bridgehead atoms. The van der Waals surface area contributed by atoms with Crippen LogP contribution in [0.1, 0.15) is 33.1 Å². The lowest BCUT2D eigenvalue weighted by Gasteiger charge is -2.21. The monoisotopic (exact) mass is 333 g/mol. The summed E-state index contributed by atoms with van der Waals surface area (Å²) in [4.78, 5) is 20.8. The van der Waals surface area contributed by atoms with E-state index in [1.165, 1.54) is 6.33 Å². The van der Waals surface area contributed by atoms with Crippen LogP contribution in [-0.2, 0) is 4.79 Å². The van der Waals surface area contributed by atoms with Crippen LogP contribution in [0.3, 0.4) is 0 Å². The van der Waals surface area contributed by atoms with E-state index >= 15 is 0 Å². The Labute approximate surface area is 133 Å². The molecule has 1 aliphatic heterocycles. The van der Waals surface area contributed by atoms with E-state index in [-0.39, 0.29) is 0 Å². The minimum atomic E-state index is -4.84. The molecule has 0 radical (unpaired) electrons. The van der Waals surface area contributed by atoms with Gasteiger partial charge in [-0.2, -0.15) is 13.2 Å². The Morgan fingerprint density at radius 1 is 1.30 bits per heavy atom. The molecule has 0 aromatic carbocycles. The smallest absolute Gasteiger partial charge is 0.384 e. The highest BCUT2D eigenvalue weighted by Crippen LogP contribution is 2.20. The maximum atomic E-state index is 12.2. The van der Waals surface area contributed by atoms with Crippen LogP contribution in [0.5, 0.6) is 0 Å². The minimum Gasteiger partial charge on any atom is -0.384 e. The van der Waals surface area contributed by atoms with E-state index in [4.69, 9.17) is 5.73 Å². The van der Waals surface area contributed by atoms with Crippen LogP contribution >= 0.6 is 0 Å². The van der Waals surface area contributed by atoms with Crippen molar-refractivity contribution in [1.29, 1.82) is 0 Å². The molecule has 0 spiro atoms. The predicted molar refractivity (Wildman–Crippen MR) is 81.8 cm³/mol. The lowest BCUT2D eigenvalue weighted by Crippen LogP contribution is -2.43. The van der Waals surface area contributed by atoms with Crippen molar-refractivity contribution in [3.63, 3.8) is 0 Å². The number of hydrogen-bond acceptors (Lipinski definition) is 5. The third-order valence-corrected chi connectivity index (χ3v) is 3.32. The Hall–Kier alpha value is -2.06. The van der Waals surface area contributed by atoms with Gasteiger partial charge in [0.05, 0.1) is 0 Å². The molecule has 1 aromatic heterocycles. The van der Waals surface area contributed by atoms with Crippen molar-refractivity contribution in [3.05, 3.63) is 12.4 Å². The van der Waals surface area contributed by atoms with Crippen LogP contribution < -0.4 is 16.0 Å². The summed E-state index contributed by atoms with van der Waals surface area (Å²) in [5.74, 6) is -0.899. The first-order valence-electron chi connectivity index (χ1n) is 7.56. The molecule has 1 unspecified atom stereocenters. The lowest BCUT2D eigenvalue weighted by molar-refractivity contribution is -0.174. The number of amides is 1. The molecule has 2 rings (SSSR count). The minimum absolute atomic E-state index is 0.339. The average molecular weight is 333 g/mol. The van der Waals surface area contributed by atoms with Crippen LogP contribution in [0, 0.1) is 0 Å². The maximum absolute atomic E-state index is 12.2. The third kappa shape index (κ3) is 5.91. The number of aromatic nitrogens is 2. The summed E-state index contributed by atoms with van der Waals surface area (Å²) in [5.41, 5.74) is 5.59. The van der Waals surface area contributed by atoms with E-state index in [0.717, 1.165) is 0 Å². The highest BCUT2D eigenvalue weighted by Gasteiger charge is 2.39. The number of nitrogens with zero attached hydrogens (tertiary/aromatic N) is 3. The summed E-state index contributed by atoms with van der Waals surface area (Å²) < 4.78 is 36.7. The van der Waals surface area contributed by atoms with E-state index in [1.807, 2.05) is 24.1 Å². The van der Waals surface area contributed by atoms with Gasteiger partial charge in [-0.15, -0.1) is 0 Å². The summed E-state index contributed by atoms with van der Waals surface area (Å²) in [6.45, 7) is 5.15. The Balaban J connectivity index is 0.00000127. The number of carbonyl (C=O) groups is 1. The second-order valence-corrected chi connectivity index (χ2v) is 4.89. The molecule has 130 valence electrons. The topological polar surface area (TPSA) is 84.1 Å². The van der Waals surface area contributed by atoms with Gasteiger partial charge in [0, 0.05) is 25.2 Å². The van der Waals surface area contributed by atoms with Crippen molar-refractivity contribution in [2.75, 3.05) is 23.7 Å². The highest BCUT2D eigenvalue weighted by atomic mass is 19.4. The van der Waals surface area contributed by atoms with Crippen molar-refractivity contribution in [1.82, 2.24) is 15.3 Å². The normalized spacial score (nSPS) is 18.5. The largest absolute Gasteiger partial charge is 0.471 e. The van der Waals surface area contributed by atoms with Crippen LogP contribution in [0.25, 0.3) is 0 Å². The van der Waals surface area contributed by atoms with Gasteiger partial charge in [-0.1, -0.05) is 13.8 Å². The van der Waals surface area contributed by atoms with Crippen molar-refractivity contribution in [3.8, 4) is 0 Å². The summed E-state index contributed by atoms with van der Waals surface area (Å²) in [6.07, 6.45) is -1.91. The van der Waals surface area contributed by atoms with Gasteiger partial charge in [0.1, 0.15) is 18.0 Å². The molecular formula is C14H22F3N5O. The van der Waals surface area contributed by atoms with Crippen LogP contribution in [0.4, 0.5) is 24.8 Å². The highest BCUT2D eigenvalue weighted by molar-refractivity contribution is 5.81. The first-order valence-corrected chi connectivity index (χ1v) is 7.56. The number of nitrogens with two attached hydrogens (primary N) is 1. The summed E-state index contributed by atoms with van der Waals surface area (Å²) >= 11 is 0. The van der Waals surface area contributed by atoms with Crippen molar-refractivity contribution in [2.24, 2.45) is 0 Å². The zero-order valence-corrected chi connectivity index (χ0v) is 13.2. The predicted octanol–water partition coefficient (Wildman–Crippen LogP) is 2.12. The molecule has 1 fully saturated rings. The molecule has 1 atom stereocenters. The summed E-state index contributed by atoms with van der Waals surface area (Å²) in [7, 11) is 0. The molecule has 1 aromatic rings. The van der Waals surface area contributed by atoms with Gasteiger partial charge in [-0.05, 0) is 19.3 Å². The molecule has 0 saturated carbocycles. The molecule has 1 aliphatic rings. The van der Waals surface area contributed by atoms with Crippen LogP contribution in [0.2, 0.25) is 0 Å². The Bertz CT molecular complexity index is 509. The standard InChI is InChI=1S/C12H16F3N5O.C2H6/c13-12(14,15)11(21)19-8-2-1-4-20(5-3-8)10-6-9(16)17-7-18-10;1-2/h6-8H,1-5H2,(H,19,21)(H2,16,17,18);1-2H3. The quantitative estimate of drug-likeness (QED) is 0.866. The fourth-order valence-corrected chi connectivity index (χ4v) is 2.27. The first-order chi connectivity index (χ1) is 10.9. The number of halogens is 3. The van der Waals surface area contributed by atoms with Crippen molar-refractivity contribution < 1.29 is 18.0 Å². The zero-order valence-electron chi connectivity index (χ0n) is 13.2. The second kappa shape index (κ2) is 8.54. The number of nitrogen functional groups attached to an aromatic ring is 1. The van der Waals surface area contributed by atoms with Crippen molar-refractivity contribution >= 4 is 17.5 Å². The van der Waals surface area contributed by atoms with E-state index in [2.05, 4.69) is 9.97 Å².